The van der Waals surface area contributed by atoms with Crippen LogP contribution < -0.4 is 5.73 Å². The molecule has 6 heteroatoms. The lowest BCUT2D eigenvalue weighted by Crippen LogP contribution is -2.19. The molecule has 1 saturated heterocycles. The van der Waals surface area contributed by atoms with Crippen LogP contribution >= 0.6 is 0 Å². The summed E-state index contributed by atoms with van der Waals surface area (Å²) >= 11 is 0. The highest BCUT2D eigenvalue weighted by Crippen LogP contribution is 2.29. The summed E-state index contributed by atoms with van der Waals surface area (Å²) in [5.41, 5.74) is 9.65. The number of rotatable bonds is 3. The van der Waals surface area contributed by atoms with Gasteiger partial charge in [-0.1, -0.05) is 0 Å². The summed E-state index contributed by atoms with van der Waals surface area (Å²) in [6.45, 7) is 3.35. The molecular weight excluding hydrogens is 294 g/mol. The molecule has 0 radical (unpaired) electrons. The number of carbonyl (C=O) groups excluding carboxylic acids is 1. The van der Waals surface area contributed by atoms with E-state index in [9.17, 15) is 4.79 Å². The first kappa shape index (κ1) is 15.6. The first-order chi connectivity index (χ1) is 11.1. The zero-order valence-electron chi connectivity index (χ0n) is 13.4. The van der Waals surface area contributed by atoms with Crippen molar-refractivity contribution in [2.24, 2.45) is 0 Å². The van der Waals surface area contributed by atoms with Gasteiger partial charge in [-0.3, -0.25) is 4.68 Å². The van der Waals surface area contributed by atoms with Gasteiger partial charge in [0.25, 0.3) is 0 Å². The number of benzene rings is 1. The molecular formula is C17H21N3O3. The molecule has 2 aromatic rings. The fraction of sp³-hybridized carbons (Fsp3) is 0.412. The van der Waals surface area contributed by atoms with Gasteiger partial charge in [-0.05, 0) is 43.0 Å². The molecule has 0 aliphatic carbocycles. The van der Waals surface area contributed by atoms with Crippen molar-refractivity contribution in [1.29, 1.82) is 0 Å². The van der Waals surface area contributed by atoms with Crippen LogP contribution in [0.25, 0.3) is 11.1 Å². The van der Waals surface area contributed by atoms with Crippen LogP contribution in [0.15, 0.2) is 24.5 Å². The predicted molar refractivity (Wildman–Crippen MR) is 87.2 cm³/mol. The molecule has 2 heterocycles. The van der Waals surface area contributed by atoms with Crippen LogP contribution in [-0.4, -0.2) is 36.1 Å². The quantitative estimate of drug-likeness (QED) is 0.695. The summed E-state index contributed by atoms with van der Waals surface area (Å²) in [6.07, 6.45) is 5.73. The SMILES string of the molecule is COC(=O)c1cc(-c2cnn(C3CCOCC3)c2)cc(N)c1C. The van der Waals surface area contributed by atoms with E-state index in [2.05, 4.69) is 5.10 Å². The van der Waals surface area contributed by atoms with E-state index in [1.54, 1.807) is 6.20 Å². The van der Waals surface area contributed by atoms with Gasteiger partial charge in [0.1, 0.15) is 0 Å². The van der Waals surface area contributed by atoms with Crippen LogP contribution in [0.3, 0.4) is 0 Å². The highest BCUT2D eigenvalue weighted by Gasteiger charge is 2.18. The molecule has 3 rings (SSSR count). The molecule has 0 unspecified atom stereocenters. The van der Waals surface area contributed by atoms with E-state index in [-0.39, 0.29) is 5.97 Å². The van der Waals surface area contributed by atoms with Gasteiger partial charge in [-0.15, -0.1) is 0 Å². The van der Waals surface area contributed by atoms with Crippen LogP contribution in [0.1, 0.15) is 34.8 Å². The number of aromatic nitrogens is 2. The van der Waals surface area contributed by atoms with E-state index in [1.807, 2.05) is 29.9 Å². The third-order valence-electron chi connectivity index (χ3n) is 4.35. The van der Waals surface area contributed by atoms with Gasteiger partial charge in [0.2, 0.25) is 0 Å². The molecule has 1 aliphatic heterocycles. The number of esters is 1. The minimum Gasteiger partial charge on any atom is -0.465 e. The van der Waals surface area contributed by atoms with Gasteiger partial charge < -0.3 is 15.2 Å². The molecule has 0 atom stereocenters. The second kappa shape index (κ2) is 6.42. The van der Waals surface area contributed by atoms with Gasteiger partial charge in [0, 0.05) is 30.7 Å². The Morgan fingerprint density at radius 3 is 2.78 bits per heavy atom. The van der Waals surface area contributed by atoms with Crippen molar-refractivity contribution in [1.82, 2.24) is 9.78 Å². The molecule has 0 spiro atoms. The Morgan fingerprint density at radius 1 is 1.35 bits per heavy atom. The number of carbonyl (C=O) groups is 1. The van der Waals surface area contributed by atoms with Crippen molar-refractivity contribution in [3.63, 3.8) is 0 Å². The monoisotopic (exact) mass is 315 g/mol. The molecule has 1 aromatic heterocycles. The third-order valence-corrected chi connectivity index (χ3v) is 4.35. The van der Waals surface area contributed by atoms with E-state index in [4.69, 9.17) is 15.2 Å². The second-order valence-electron chi connectivity index (χ2n) is 5.78. The van der Waals surface area contributed by atoms with Gasteiger partial charge in [-0.2, -0.15) is 5.10 Å². The Labute approximate surface area is 135 Å². The minimum absolute atomic E-state index is 0.361. The summed E-state index contributed by atoms with van der Waals surface area (Å²) in [7, 11) is 1.37. The van der Waals surface area contributed by atoms with E-state index < -0.39 is 0 Å². The smallest absolute Gasteiger partial charge is 0.338 e. The van der Waals surface area contributed by atoms with Crippen LogP contribution in [0.4, 0.5) is 5.69 Å². The van der Waals surface area contributed by atoms with Crippen molar-refractivity contribution in [2.45, 2.75) is 25.8 Å². The first-order valence-electron chi connectivity index (χ1n) is 7.71. The maximum atomic E-state index is 11.9. The molecule has 1 aromatic carbocycles. The van der Waals surface area contributed by atoms with E-state index in [0.717, 1.165) is 42.7 Å². The van der Waals surface area contributed by atoms with Gasteiger partial charge in [-0.25, -0.2) is 4.79 Å². The molecule has 0 amide bonds. The average molecular weight is 315 g/mol. The zero-order valence-corrected chi connectivity index (χ0v) is 13.4. The lowest BCUT2D eigenvalue weighted by atomic mass is 10.00. The van der Waals surface area contributed by atoms with Crippen molar-refractivity contribution in [3.8, 4) is 11.1 Å². The second-order valence-corrected chi connectivity index (χ2v) is 5.78. The normalized spacial score (nSPS) is 15.6. The minimum atomic E-state index is -0.382. The average Bonchev–Trinajstić information content (AvgIpc) is 3.07. The van der Waals surface area contributed by atoms with Crippen LogP contribution in [0, 0.1) is 6.92 Å². The number of hydrogen-bond donors (Lipinski definition) is 1. The fourth-order valence-corrected chi connectivity index (χ4v) is 2.86. The van der Waals surface area contributed by atoms with E-state index in [1.165, 1.54) is 7.11 Å². The topological polar surface area (TPSA) is 79.4 Å². The summed E-state index contributed by atoms with van der Waals surface area (Å²) < 4.78 is 12.2. The lowest BCUT2D eigenvalue weighted by Gasteiger charge is -2.22. The molecule has 0 saturated carbocycles. The van der Waals surface area contributed by atoms with Crippen molar-refractivity contribution < 1.29 is 14.3 Å². The van der Waals surface area contributed by atoms with Crippen LogP contribution in [-0.2, 0) is 9.47 Å². The molecule has 6 nitrogen and oxygen atoms in total. The number of nitrogens with zero attached hydrogens (tertiary/aromatic N) is 2. The number of nitrogen functional groups attached to an aromatic ring is 1. The Hall–Kier alpha value is -2.34. The number of hydrogen-bond acceptors (Lipinski definition) is 5. The number of ether oxygens (including phenoxy) is 2. The number of anilines is 1. The van der Waals surface area contributed by atoms with E-state index >= 15 is 0 Å². The lowest BCUT2D eigenvalue weighted by molar-refractivity contribution is 0.0600. The fourth-order valence-electron chi connectivity index (χ4n) is 2.86. The highest BCUT2D eigenvalue weighted by molar-refractivity contribution is 5.94. The Bertz CT molecular complexity index is 718. The first-order valence-corrected chi connectivity index (χ1v) is 7.71. The summed E-state index contributed by atoms with van der Waals surface area (Å²) in [5.74, 6) is -0.382. The summed E-state index contributed by atoms with van der Waals surface area (Å²) in [6, 6.07) is 4.04. The largest absolute Gasteiger partial charge is 0.465 e. The summed E-state index contributed by atoms with van der Waals surface area (Å²) in [4.78, 5) is 11.9. The van der Waals surface area contributed by atoms with Crippen molar-refractivity contribution >= 4 is 11.7 Å². The number of methoxy groups -OCH3 is 1. The van der Waals surface area contributed by atoms with Crippen LogP contribution in [0.5, 0.6) is 0 Å². The molecule has 122 valence electrons. The molecule has 0 bridgehead atoms. The maximum absolute atomic E-state index is 11.9. The predicted octanol–water partition coefficient (Wildman–Crippen LogP) is 2.58. The maximum Gasteiger partial charge on any atom is 0.338 e. The summed E-state index contributed by atoms with van der Waals surface area (Å²) in [5, 5.41) is 4.47. The Morgan fingerprint density at radius 2 is 2.09 bits per heavy atom. The third kappa shape index (κ3) is 3.07. The molecule has 1 fully saturated rings. The van der Waals surface area contributed by atoms with Crippen molar-refractivity contribution in [2.75, 3.05) is 26.1 Å². The van der Waals surface area contributed by atoms with Gasteiger partial charge >= 0.3 is 5.97 Å². The van der Waals surface area contributed by atoms with Gasteiger partial charge in [0.05, 0.1) is 24.9 Å². The Balaban J connectivity index is 1.94. The highest BCUT2D eigenvalue weighted by atomic mass is 16.5. The zero-order chi connectivity index (χ0) is 16.4. The molecule has 23 heavy (non-hydrogen) atoms. The standard InChI is InChI=1S/C17H21N3O3/c1-11-15(17(21)22-2)7-12(8-16(11)18)13-9-19-20(10-13)14-3-5-23-6-4-14/h7-10,14H,3-6,18H2,1-2H3. The molecule has 2 N–H and O–H groups in total. The van der Waals surface area contributed by atoms with Crippen molar-refractivity contribution in [3.05, 3.63) is 35.7 Å². The van der Waals surface area contributed by atoms with Crippen LogP contribution in [0.2, 0.25) is 0 Å². The Kier molecular flexibility index (Phi) is 4.34. The van der Waals surface area contributed by atoms with E-state index in [0.29, 0.717) is 17.3 Å². The molecule has 1 aliphatic rings. The van der Waals surface area contributed by atoms with Gasteiger partial charge in [0.15, 0.2) is 0 Å². The number of nitrogens with two attached hydrogens (primary N) is 1.